The van der Waals surface area contributed by atoms with Crippen molar-refractivity contribution >= 4 is 21.4 Å². The van der Waals surface area contributed by atoms with Gasteiger partial charge in [-0.15, -0.1) is 11.3 Å². The van der Waals surface area contributed by atoms with Gasteiger partial charge in [0.1, 0.15) is 0 Å². The zero-order valence-electron chi connectivity index (χ0n) is 12.8. The topological polar surface area (TPSA) is 32.3 Å². The zero-order chi connectivity index (χ0) is 14.7. The van der Waals surface area contributed by atoms with E-state index in [2.05, 4.69) is 41.9 Å². The van der Waals surface area contributed by atoms with Crippen molar-refractivity contribution in [2.45, 2.75) is 57.1 Å². The van der Waals surface area contributed by atoms with Crippen LogP contribution in [0.15, 0.2) is 29.6 Å². The third-order valence-electron chi connectivity index (χ3n) is 4.68. The van der Waals surface area contributed by atoms with Crippen LogP contribution in [0, 0.1) is 0 Å². The molecule has 114 valence electrons. The second kappa shape index (κ2) is 6.47. The lowest BCUT2D eigenvalue weighted by molar-refractivity contribution is -0.00273. The van der Waals surface area contributed by atoms with Crippen LogP contribution in [0.1, 0.15) is 44.6 Å². The van der Waals surface area contributed by atoms with E-state index in [1.807, 2.05) is 0 Å². The molecule has 1 aromatic carbocycles. The summed E-state index contributed by atoms with van der Waals surface area (Å²) in [5.74, 6) is 0. The van der Waals surface area contributed by atoms with Crippen molar-refractivity contribution in [2.24, 2.45) is 0 Å². The average Bonchev–Trinajstić information content (AvgIpc) is 2.90. The number of hydrogen-bond acceptors (Lipinski definition) is 3. The SMILES string of the molecule is CCCNC1CCC(O)(Cc2csc3ccccc23)CC1. The van der Waals surface area contributed by atoms with Gasteiger partial charge < -0.3 is 10.4 Å². The summed E-state index contributed by atoms with van der Waals surface area (Å²) in [7, 11) is 0. The maximum atomic E-state index is 10.9. The van der Waals surface area contributed by atoms with Gasteiger partial charge in [-0.3, -0.25) is 0 Å². The molecule has 0 saturated heterocycles. The summed E-state index contributed by atoms with van der Waals surface area (Å²) in [5, 5.41) is 18.1. The average molecular weight is 303 g/mol. The number of nitrogens with one attached hydrogen (secondary N) is 1. The van der Waals surface area contributed by atoms with Gasteiger partial charge in [-0.1, -0.05) is 25.1 Å². The van der Waals surface area contributed by atoms with Crippen molar-refractivity contribution in [3.8, 4) is 0 Å². The molecule has 21 heavy (non-hydrogen) atoms. The summed E-state index contributed by atoms with van der Waals surface area (Å²) < 4.78 is 1.33. The van der Waals surface area contributed by atoms with Crippen LogP contribution >= 0.6 is 11.3 Å². The summed E-state index contributed by atoms with van der Waals surface area (Å²) in [6, 6.07) is 9.12. The van der Waals surface area contributed by atoms with Gasteiger partial charge in [0.2, 0.25) is 0 Å². The van der Waals surface area contributed by atoms with Crippen molar-refractivity contribution < 1.29 is 5.11 Å². The molecule has 2 aromatic rings. The molecule has 1 saturated carbocycles. The van der Waals surface area contributed by atoms with Crippen LogP contribution in [0.25, 0.3) is 10.1 Å². The highest BCUT2D eigenvalue weighted by Gasteiger charge is 2.33. The zero-order valence-corrected chi connectivity index (χ0v) is 13.6. The lowest BCUT2D eigenvalue weighted by atomic mass is 9.78. The van der Waals surface area contributed by atoms with Gasteiger partial charge in [-0.25, -0.2) is 0 Å². The highest BCUT2D eigenvalue weighted by atomic mass is 32.1. The summed E-state index contributed by atoms with van der Waals surface area (Å²) in [6.07, 6.45) is 6.01. The summed E-state index contributed by atoms with van der Waals surface area (Å²) in [5.41, 5.74) is 0.812. The van der Waals surface area contributed by atoms with Crippen molar-refractivity contribution in [1.82, 2.24) is 5.32 Å². The highest BCUT2D eigenvalue weighted by molar-refractivity contribution is 7.17. The third kappa shape index (κ3) is 3.47. The van der Waals surface area contributed by atoms with Crippen LogP contribution in [0.5, 0.6) is 0 Å². The fraction of sp³-hybridized carbons (Fsp3) is 0.556. The van der Waals surface area contributed by atoms with Crippen LogP contribution in [0.3, 0.4) is 0 Å². The molecule has 1 aromatic heterocycles. The van der Waals surface area contributed by atoms with E-state index < -0.39 is 5.60 Å². The van der Waals surface area contributed by atoms with E-state index in [1.54, 1.807) is 11.3 Å². The van der Waals surface area contributed by atoms with E-state index in [0.29, 0.717) is 6.04 Å². The van der Waals surface area contributed by atoms with Crippen molar-refractivity contribution in [3.63, 3.8) is 0 Å². The second-order valence-electron chi connectivity index (χ2n) is 6.39. The third-order valence-corrected chi connectivity index (χ3v) is 5.69. The predicted octanol–water partition coefficient (Wildman–Crippen LogP) is 4.12. The Morgan fingerprint density at radius 3 is 2.81 bits per heavy atom. The molecule has 1 aliphatic carbocycles. The minimum atomic E-state index is -0.506. The van der Waals surface area contributed by atoms with Crippen molar-refractivity contribution in [1.29, 1.82) is 0 Å². The first kappa shape index (κ1) is 15.0. The summed E-state index contributed by atoms with van der Waals surface area (Å²) >= 11 is 1.79. The molecule has 0 bridgehead atoms. The molecular formula is C18H25NOS. The van der Waals surface area contributed by atoms with Gasteiger partial charge >= 0.3 is 0 Å². The molecule has 2 nitrogen and oxygen atoms in total. The first-order valence-corrected chi connectivity index (χ1v) is 8.99. The lowest BCUT2D eigenvalue weighted by Crippen LogP contribution is -2.42. The van der Waals surface area contributed by atoms with Crippen LogP contribution in [0.4, 0.5) is 0 Å². The lowest BCUT2D eigenvalue weighted by Gasteiger charge is -2.36. The van der Waals surface area contributed by atoms with Gasteiger partial charge in [-0.2, -0.15) is 0 Å². The Morgan fingerprint density at radius 1 is 1.29 bits per heavy atom. The Kier molecular flexibility index (Phi) is 4.63. The van der Waals surface area contributed by atoms with Crippen LogP contribution < -0.4 is 5.32 Å². The van der Waals surface area contributed by atoms with E-state index in [-0.39, 0.29) is 0 Å². The van der Waals surface area contributed by atoms with Crippen LogP contribution in [-0.4, -0.2) is 23.3 Å². The van der Waals surface area contributed by atoms with Crippen molar-refractivity contribution in [3.05, 3.63) is 35.2 Å². The molecule has 0 unspecified atom stereocenters. The van der Waals surface area contributed by atoms with E-state index in [9.17, 15) is 5.11 Å². The summed E-state index contributed by atoms with van der Waals surface area (Å²) in [4.78, 5) is 0. The normalized spacial score (nSPS) is 26.3. The standard InChI is InChI=1S/C18H25NOS/c1-2-11-19-15-7-9-18(20,10-8-15)12-14-13-21-17-6-4-3-5-16(14)17/h3-6,13,15,19-20H,2,7-12H2,1H3. The maximum absolute atomic E-state index is 10.9. The Bertz CT molecular complexity index is 584. The van der Waals surface area contributed by atoms with Gasteiger partial charge in [-0.05, 0) is 61.0 Å². The number of benzene rings is 1. The number of rotatable bonds is 5. The quantitative estimate of drug-likeness (QED) is 0.871. The molecule has 0 aliphatic heterocycles. The Hall–Kier alpha value is -0.900. The molecule has 0 atom stereocenters. The molecule has 1 aliphatic rings. The molecule has 0 amide bonds. The molecular weight excluding hydrogens is 278 g/mol. The Balaban J connectivity index is 1.65. The molecule has 3 heteroatoms. The summed E-state index contributed by atoms with van der Waals surface area (Å²) in [6.45, 7) is 3.30. The van der Waals surface area contributed by atoms with Crippen molar-refractivity contribution in [2.75, 3.05) is 6.54 Å². The largest absolute Gasteiger partial charge is 0.390 e. The number of thiophene rings is 1. The van der Waals surface area contributed by atoms with Gasteiger partial charge in [0, 0.05) is 17.2 Å². The number of aliphatic hydroxyl groups is 1. The molecule has 0 radical (unpaired) electrons. The molecule has 1 fully saturated rings. The molecule has 1 heterocycles. The van der Waals surface area contributed by atoms with E-state index in [4.69, 9.17) is 0 Å². The minimum absolute atomic E-state index is 0.506. The van der Waals surface area contributed by atoms with Crippen LogP contribution in [-0.2, 0) is 6.42 Å². The predicted molar refractivity (Wildman–Crippen MR) is 91.0 cm³/mol. The first-order chi connectivity index (χ1) is 10.2. The van der Waals surface area contributed by atoms with Gasteiger partial charge in [0.25, 0.3) is 0 Å². The monoisotopic (exact) mass is 303 g/mol. The maximum Gasteiger partial charge on any atom is 0.0689 e. The van der Waals surface area contributed by atoms with Crippen LogP contribution in [0.2, 0.25) is 0 Å². The molecule has 0 spiro atoms. The minimum Gasteiger partial charge on any atom is -0.390 e. The van der Waals surface area contributed by atoms with Gasteiger partial charge in [0.05, 0.1) is 5.60 Å². The first-order valence-electron chi connectivity index (χ1n) is 8.11. The second-order valence-corrected chi connectivity index (χ2v) is 7.30. The number of hydrogen-bond donors (Lipinski definition) is 2. The molecule has 2 N–H and O–H groups in total. The number of fused-ring (bicyclic) bond motifs is 1. The van der Waals surface area contributed by atoms with Gasteiger partial charge in [0.15, 0.2) is 0 Å². The Morgan fingerprint density at radius 2 is 2.05 bits per heavy atom. The van der Waals surface area contributed by atoms with E-state index >= 15 is 0 Å². The van der Waals surface area contributed by atoms with E-state index in [1.165, 1.54) is 22.1 Å². The highest BCUT2D eigenvalue weighted by Crippen LogP contribution is 2.35. The smallest absolute Gasteiger partial charge is 0.0689 e. The van der Waals surface area contributed by atoms with E-state index in [0.717, 1.165) is 38.6 Å². The fourth-order valence-corrected chi connectivity index (χ4v) is 4.37. The fourth-order valence-electron chi connectivity index (χ4n) is 3.41. The Labute approximate surface area is 131 Å². The molecule has 3 rings (SSSR count).